The molecule has 68 valence electrons. The summed E-state index contributed by atoms with van der Waals surface area (Å²) in [6, 6.07) is 0. The summed E-state index contributed by atoms with van der Waals surface area (Å²) in [5.41, 5.74) is 0. The average Bonchev–Trinajstić information content (AvgIpc) is 1.86. The molecule has 6 heteroatoms. The summed E-state index contributed by atoms with van der Waals surface area (Å²) >= 11 is 0. The SMILES string of the molecule is FCCCOC(F)C(F)(F)F. The van der Waals surface area contributed by atoms with Gasteiger partial charge < -0.3 is 4.74 Å². The van der Waals surface area contributed by atoms with Crippen LogP contribution < -0.4 is 0 Å². The summed E-state index contributed by atoms with van der Waals surface area (Å²) in [4.78, 5) is 0. The first-order valence-electron chi connectivity index (χ1n) is 2.87. The highest BCUT2D eigenvalue weighted by atomic mass is 19.4. The van der Waals surface area contributed by atoms with E-state index in [0.29, 0.717) is 0 Å². The van der Waals surface area contributed by atoms with E-state index in [4.69, 9.17) is 0 Å². The highest BCUT2D eigenvalue weighted by Gasteiger charge is 2.41. The van der Waals surface area contributed by atoms with Crippen molar-refractivity contribution in [3.05, 3.63) is 0 Å². The minimum Gasteiger partial charge on any atom is -0.341 e. The quantitative estimate of drug-likeness (QED) is 0.473. The van der Waals surface area contributed by atoms with Gasteiger partial charge in [0.2, 0.25) is 0 Å². The Hall–Kier alpha value is -0.390. The van der Waals surface area contributed by atoms with E-state index in [1.807, 2.05) is 0 Å². The van der Waals surface area contributed by atoms with E-state index in [1.165, 1.54) is 0 Å². The van der Waals surface area contributed by atoms with Crippen molar-refractivity contribution in [3.8, 4) is 0 Å². The standard InChI is InChI=1S/C5H7F5O/c6-2-1-3-11-4(7)5(8,9)10/h4H,1-3H2. The number of alkyl halides is 5. The molecule has 0 aromatic heterocycles. The lowest BCUT2D eigenvalue weighted by atomic mass is 10.5. The van der Waals surface area contributed by atoms with Crippen LogP contribution in [-0.4, -0.2) is 25.8 Å². The van der Waals surface area contributed by atoms with Crippen LogP contribution in [-0.2, 0) is 4.74 Å². The molecule has 11 heavy (non-hydrogen) atoms. The van der Waals surface area contributed by atoms with Crippen LogP contribution >= 0.6 is 0 Å². The maximum Gasteiger partial charge on any atom is 0.445 e. The molecule has 0 N–H and O–H groups in total. The van der Waals surface area contributed by atoms with Crippen molar-refractivity contribution in [2.75, 3.05) is 13.3 Å². The zero-order chi connectivity index (χ0) is 8.91. The predicted octanol–water partition coefficient (Wildman–Crippen LogP) is 2.22. The molecule has 0 aliphatic rings. The Bertz CT molecular complexity index is 102. The molecule has 0 rings (SSSR count). The van der Waals surface area contributed by atoms with Gasteiger partial charge in [-0.3, -0.25) is 4.39 Å². The molecular formula is C5H7F5O. The molecule has 0 aromatic carbocycles. The molecule has 0 aliphatic heterocycles. The maximum absolute atomic E-state index is 11.8. The Kier molecular flexibility index (Phi) is 4.32. The van der Waals surface area contributed by atoms with Gasteiger partial charge in [-0.05, 0) is 6.42 Å². The first kappa shape index (κ1) is 10.6. The minimum absolute atomic E-state index is 0.226. The largest absolute Gasteiger partial charge is 0.445 e. The Morgan fingerprint density at radius 1 is 1.27 bits per heavy atom. The summed E-state index contributed by atoms with van der Waals surface area (Å²) < 4.78 is 60.5. The molecule has 0 saturated carbocycles. The van der Waals surface area contributed by atoms with E-state index >= 15 is 0 Å². The third-order valence-electron chi connectivity index (χ3n) is 0.799. The Labute approximate surface area is 60.1 Å². The molecule has 0 spiro atoms. The molecule has 0 aromatic rings. The van der Waals surface area contributed by atoms with Gasteiger partial charge >= 0.3 is 6.18 Å². The van der Waals surface area contributed by atoms with E-state index in [1.54, 1.807) is 0 Å². The molecule has 0 heterocycles. The van der Waals surface area contributed by atoms with E-state index < -0.39 is 25.8 Å². The van der Waals surface area contributed by atoms with Crippen molar-refractivity contribution in [3.63, 3.8) is 0 Å². The maximum atomic E-state index is 11.8. The second-order valence-electron chi connectivity index (χ2n) is 1.77. The van der Waals surface area contributed by atoms with E-state index in [0.717, 1.165) is 0 Å². The summed E-state index contributed by atoms with van der Waals surface area (Å²) in [5.74, 6) is 0. The number of ether oxygens (including phenoxy) is 1. The van der Waals surface area contributed by atoms with E-state index in [-0.39, 0.29) is 6.42 Å². The van der Waals surface area contributed by atoms with Crippen molar-refractivity contribution in [1.29, 1.82) is 0 Å². The summed E-state index contributed by atoms with van der Waals surface area (Å²) in [6.45, 7) is -1.37. The Morgan fingerprint density at radius 3 is 2.18 bits per heavy atom. The lowest BCUT2D eigenvalue weighted by molar-refractivity contribution is -0.264. The number of hydrogen-bond donors (Lipinski definition) is 0. The third kappa shape index (κ3) is 4.94. The molecule has 0 radical (unpaired) electrons. The van der Waals surface area contributed by atoms with Gasteiger partial charge in [0.05, 0.1) is 13.3 Å². The van der Waals surface area contributed by atoms with Crippen molar-refractivity contribution >= 4 is 0 Å². The van der Waals surface area contributed by atoms with Crippen LogP contribution in [0.3, 0.4) is 0 Å². The molecule has 1 atom stereocenters. The van der Waals surface area contributed by atoms with Gasteiger partial charge in [-0.1, -0.05) is 0 Å². The zero-order valence-electron chi connectivity index (χ0n) is 5.50. The van der Waals surface area contributed by atoms with Crippen molar-refractivity contribution in [1.82, 2.24) is 0 Å². The third-order valence-corrected chi connectivity index (χ3v) is 0.799. The minimum atomic E-state index is -5.00. The van der Waals surface area contributed by atoms with Gasteiger partial charge in [0.15, 0.2) is 0 Å². The van der Waals surface area contributed by atoms with Gasteiger partial charge in [-0.15, -0.1) is 0 Å². The summed E-state index contributed by atoms with van der Waals surface area (Å²) in [5, 5.41) is 0. The van der Waals surface area contributed by atoms with Crippen molar-refractivity contribution < 1.29 is 26.7 Å². The number of hydrogen-bond acceptors (Lipinski definition) is 1. The molecule has 0 amide bonds. The molecule has 1 unspecified atom stereocenters. The van der Waals surface area contributed by atoms with Crippen LogP contribution in [0.25, 0.3) is 0 Å². The summed E-state index contributed by atoms with van der Waals surface area (Å²) in [7, 11) is 0. The monoisotopic (exact) mass is 178 g/mol. The van der Waals surface area contributed by atoms with Crippen LogP contribution in [0.4, 0.5) is 22.0 Å². The van der Waals surface area contributed by atoms with E-state index in [9.17, 15) is 22.0 Å². The first-order valence-corrected chi connectivity index (χ1v) is 2.87. The lowest BCUT2D eigenvalue weighted by Gasteiger charge is -2.11. The lowest BCUT2D eigenvalue weighted by Crippen LogP contribution is -2.27. The van der Waals surface area contributed by atoms with Crippen LogP contribution in [0.5, 0.6) is 0 Å². The van der Waals surface area contributed by atoms with E-state index in [2.05, 4.69) is 4.74 Å². The average molecular weight is 178 g/mol. The van der Waals surface area contributed by atoms with Crippen LogP contribution in [0.1, 0.15) is 6.42 Å². The molecule has 0 bridgehead atoms. The van der Waals surface area contributed by atoms with Crippen LogP contribution in [0.15, 0.2) is 0 Å². The first-order chi connectivity index (χ1) is 4.98. The van der Waals surface area contributed by atoms with Gasteiger partial charge in [-0.25, -0.2) is 4.39 Å². The highest BCUT2D eigenvalue weighted by Crippen LogP contribution is 2.23. The van der Waals surface area contributed by atoms with Crippen molar-refractivity contribution in [2.45, 2.75) is 19.0 Å². The van der Waals surface area contributed by atoms with Gasteiger partial charge in [0.1, 0.15) is 0 Å². The Balaban J connectivity index is 3.44. The topological polar surface area (TPSA) is 9.23 Å². The zero-order valence-corrected chi connectivity index (χ0v) is 5.50. The van der Waals surface area contributed by atoms with Gasteiger partial charge in [0, 0.05) is 0 Å². The molecule has 1 nitrogen and oxygen atoms in total. The normalized spacial score (nSPS) is 15.0. The number of halogens is 5. The fraction of sp³-hybridized carbons (Fsp3) is 1.00. The van der Waals surface area contributed by atoms with Gasteiger partial charge in [0.25, 0.3) is 6.36 Å². The molecule has 0 saturated heterocycles. The molecule has 0 fully saturated rings. The second-order valence-corrected chi connectivity index (χ2v) is 1.77. The number of rotatable bonds is 4. The summed E-state index contributed by atoms with van der Waals surface area (Å²) in [6.07, 6.45) is -8.53. The smallest absolute Gasteiger partial charge is 0.341 e. The molecular weight excluding hydrogens is 171 g/mol. The van der Waals surface area contributed by atoms with Gasteiger partial charge in [-0.2, -0.15) is 13.2 Å². The fourth-order valence-corrected chi connectivity index (χ4v) is 0.336. The second kappa shape index (κ2) is 4.48. The van der Waals surface area contributed by atoms with Crippen molar-refractivity contribution in [2.24, 2.45) is 0 Å². The molecule has 0 aliphatic carbocycles. The highest BCUT2D eigenvalue weighted by molar-refractivity contribution is 4.53. The fourth-order valence-electron chi connectivity index (χ4n) is 0.336. The van der Waals surface area contributed by atoms with Crippen LogP contribution in [0.2, 0.25) is 0 Å². The van der Waals surface area contributed by atoms with Crippen LogP contribution in [0, 0.1) is 0 Å². The predicted molar refractivity (Wildman–Crippen MR) is 27.5 cm³/mol. The Morgan fingerprint density at radius 2 is 1.82 bits per heavy atom.